The second-order valence-electron chi connectivity index (χ2n) is 5.26. The molecule has 0 saturated carbocycles. The molecule has 0 atom stereocenters. The topological polar surface area (TPSA) is 90.4 Å². The molecule has 4 rings (SSSR count). The Hall–Kier alpha value is -2.30. The molecule has 10 heteroatoms. The van der Waals surface area contributed by atoms with Gasteiger partial charge < -0.3 is 0 Å². The number of nitro groups is 1. The number of nitro benzene ring substituents is 1. The van der Waals surface area contributed by atoms with E-state index in [1.54, 1.807) is 10.5 Å². The Kier molecular flexibility index (Phi) is 4.02. The molecule has 0 fully saturated rings. The van der Waals surface area contributed by atoms with E-state index in [1.807, 2.05) is 12.3 Å². The molecule has 0 radical (unpaired) electrons. The third kappa shape index (κ3) is 3.03. The lowest BCUT2D eigenvalue weighted by Gasteiger charge is -2.00. The summed E-state index contributed by atoms with van der Waals surface area (Å²) in [5.74, 6) is 0.518. The Morgan fingerprint density at radius 2 is 2.16 bits per heavy atom. The van der Waals surface area contributed by atoms with Crippen LogP contribution < -0.4 is 5.56 Å². The molecule has 0 spiro atoms. The van der Waals surface area contributed by atoms with Crippen molar-refractivity contribution in [3.8, 4) is 0 Å². The molecular formula is C15H10N4O3S3. The van der Waals surface area contributed by atoms with Crippen LogP contribution in [0.15, 0.2) is 38.8 Å². The molecule has 0 saturated heterocycles. The number of hydrogen-bond acceptors (Lipinski definition) is 8. The molecule has 0 amide bonds. The van der Waals surface area contributed by atoms with E-state index >= 15 is 0 Å². The lowest BCUT2D eigenvalue weighted by atomic mass is 10.3. The van der Waals surface area contributed by atoms with Gasteiger partial charge in [0.25, 0.3) is 11.2 Å². The molecule has 0 bridgehead atoms. The van der Waals surface area contributed by atoms with Crippen molar-refractivity contribution >= 4 is 55.3 Å². The first-order valence-electron chi connectivity index (χ1n) is 7.16. The SMILES string of the molecule is Cc1csc2nc(CSc3nc4ccc([N+](=O)[O-])cc4s3)cc(=O)n12. The summed E-state index contributed by atoms with van der Waals surface area (Å²) in [6.07, 6.45) is 0. The van der Waals surface area contributed by atoms with E-state index in [0.717, 1.165) is 20.3 Å². The van der Waals surface area contributed by atoms with Crippen LogP contribution in [-0.2, 0) is 5.75 Å². The van der Waals surface area contributed by atoms with E-state index in [9.17, 15) is 14.9 Å². The molecule has 0 N–H and O–H groups in total. The van der Waals surface area contributed by atoms with Gasteiger partial charge in [-0.2, -0.15) is 0 Å². The van der Waals surface area contributed by atoms with Gasteiger partial charge in [-0.25, -0.2) is 9.97 Å². The van der Waals surface area contributed by atoms with Crippen molar-refractivity contribution < 1.29 is 4.92 Å². The number of nitrogens with zero attached hydrogens (tertiary/aromatic N) is 4. The van der Waals surface area contributed by atoms with E-state index in [4.69, 9.17) is 0 Å². The monoisotopic (exact) mass is 390 g/mol. The summed E-state index contributed by atoms with van der Waals surface area (Å²) in [5, 5.41) is 12.8. The molecule has 0 aliphatic heterocycles. The predicted molar refractivity (Wildman–Crippen MR) is 99.9 cm³/mol. The van der Waals surface area contributed by atoms with Crippen LogP contribution in [0.1, 0.15) is 11.4 Å². The molecule has 126 valence electrons. The van der Waals surface area contributed by atoms with Crippen LogP contribution in [0.25, 0.3) is 15.2 Å². The third-order valence-corrected chi connectivity index (χ3v) is 6.67. The summed E-state index contributed by atoms with van der Waals surface area (Å²) in [7, 11) is 0. The summed E-state index contributed by atoms with van der Waals surface area (Å²) in [6, 6.07) is 6.17. The molecule has 3 aromatic heterocycles. The van der Waals surface area contributed by atoms with Crippen molar-refractivity contribution in [2.24, 2.45) is 0 Å². The van der Waals surface area contributed by atoms with E-state index in [-0.39, 0.29) is 11.2 Å². The maximum absolute atomic E-state index is 12.2. The maximum Gasteiger partial charge on any atom is 0.270 e. The third-order valence-electron chi connectivity index (χ3n) is 3.54. The van der Waals surface area contributed by atoms with Gasteiger partial charge in [-0.1, -0.05) is 11.8 Å². The normalized spacial score (nSPS) is 11.4. The number of aryl methyl sites for hydroxylation is 1. The molecule has 1 aromatic carbocycles. The minimum absolute atomic E-state index is 0.0564. The summed E-state index contributed by atoms with van der Waals surface area (Å²) >= 11 is 4.31. The molecule has 25 heavy (non-hydrogen) atoms. The highest BCUT2D eigenvalue weighted by molar-refractivity contribution is 8.00. The Bertz CT molecular complexity index is 1180. The van der Waals surface area contributed by atoms with Crippen LogP contribution in [0, 0.1) is 17.0 Å². The number of thiazole rings is 2. The van der Waals surface area contributed by atoms with Gasteiger partial charge >= 0.3 is 0 Å². The molecule has 7 nitrogen and oxygen atoms in total. The number of benzene rings is 1. The van der Waals surface area contributed by atoms with Crippen LogP contribution in [0.2, 0.25) is 0 Å². The summed E-state index contributed by atoms with van der Waals surface area (Å²) in [4.78, 5) is 32.3. The molecule has 3 heterocycles. The summed E-state index contributed by atoms with van der Waals surface area (Å²) in [6.45, 7) is 1.88. The number of non-ortho nitro benzene ring substituents is 1. The van der Waals surface area contributed by atoms with E-state index in [1.165, 1.54) is 52.6 Å². The van der Waals surface area contributed by atoms with Crippen LogP contribution >= 0.6 is 34.4 Å². The Balaban J connectivity index is 1.59. The van der Waals surface area contributed by atoms with Gasteiger partial charge in [-0.15, -0.1) is 22.7 Å². The zero-order valence-electron chi connectivity index (χ0n) is 12.8. The highest BCUT2D eigenvalue weighted by Gasteiger charge is 2.12. The average Bonchev–Trinajstić information content (AvgIpc) is 3.15. The Morgan fingerprint density at radius 3 is 2.96 bits per heavy atom. The minimum Gasteiger partial charge on any atom is -0.269 e. The van der Waals surface area contributed by atoms with Gasteiger partial charge in [0.15, 0.2) is 9.30 Å². The largest absolute Gasteiger partial charge is 0.270 e. The quantitative estimate of drug-likeness (QED) is 0.298. The van der Waals surface area contributed by atoms with Gasteiger partial charge in [0.1, 0.15) is 0 Å². The van der Waals surface area contributed by atoms with Crippen molar-refractivity contribution in [1.29, 1.82) is 0 Å². The van der Waals surface area contributed by atoms with Crippen molar-refractivity contribution in [2.75, 3.05) is 0 Å². The first kappa shape index (κ1) is 16.2. The van der Waals surface area contributed by atoms with Crippen molar-refractivity contribution in [2.45, 2.75) is 17.0 Å². The summed E-state index contributed by atoms with van der Waals surface area (Å²) < 4.78 is 3.16. The van der Waals surface area contributed by atoms with Crippen LogP contribution in [-0.4, -0.2) is 19.3 Å². The van der Waals surface area contributed by atoms with Crippen molar-refractivity contribution in [1.82, 2.24) is 14.4 Å². The Labute approximate surface area is 153 Å². The number of hydrogen-bond donors (Lipinski definition) is 0. The highest BCUT2D eigenvalue weighted by Crippen LogP contribution is 2.33. The van der Waals surface area contributed by atoms with E-state index < -0.39 is 4.92 Å². The standard InChI is InChI=1S/C15H10N4O3S3/c1-8-6-23-14-16-9(4-13(20)18(8)14)7-24-15-17-11-3-2-10(19(21)22)5-12(11)25-15/h2-6H,7H2,1H3. The predicted octanol–water partition coefficient (Wildman–Crippen LogP) is 3.87. The van der Waals surface area contributed by atoms with Gasteiger partial charge in [-0.3, -0.25) is 19.3 Å². The minimum atomic E-state index is -0.415. The fourth-order valence-corrected chi connectivity index (χ4v) is 5.26. The summed E-state index contributed by atoms with van der Waals surface area (Å²) in [5.41, 5.74) is 2.28. The smallest absolute Gasteiger partial charge is 0.269 e. The van der Waals surface area contributed by atoms with Crippen LogP contribution in [0.4, 0.5) is 5.69 Å². The average molecular weight is 390 g/mol. The number of fused-ring (bicyclic) bond motifs is 2. The van der Waals surface area contributed by atoms with Gasteiger partial charge in [0, 0.05) is 35.0 Å². The number of aromatic nitrogens is 3. The molecular weight excluding hydrogens is 380 g/mol. The van der Waals surface area contributed by atoms with Gasteiger partial charge in [0.2, 0.25) is 0 Å². The van der Waals surface area contributed by atoms with Gasteiger partial charge in [0.05, 0.1) is 20.8 Å². The zero-order chi connectivity index (χ0) is 17.6. The first-order valence-corrected chi connectivity index (χ1v) is 9.84. The van der Waals surface area contributed by atoms with E-state index in [0.29, 0.717) is 16.4 Å². The number of rotatable bonds is 4. The second kappa shape index (κ2) is 6.21. The maximum atomic E-state index is 12.2. The first-order chi connectivity index (χ1) is 12.0. The molecule has 0 aliphatic rings. The van der Waals surface area contributed by atoms with Crippen molar-refractivity contribution in [3.63, 3.8) is 0 Å². The number of thioether (sulfide) groups is 1. The van der Waals surface area contributed by atoms with Crippen LogP contribution in [0.3, 0.4) is 0 Å². The molecule has 0 aliphatic carbocycles. The van der Waals surface area contributed by atoms with Gasteiger partial charge in [-0.05, 0) is 13.0 Å². The Morgan fingerprint density at radius 1 is 1.32 bits per heavy atom. The lowest BCUT2D eigenvalue weighted by molar-refractivity contribution is -0.384. The van der Waals surface area contributed by atoms with E-state index in [2.05, 4.69) is 9.97 Å². The lowest BCUT2D eigenvalue weighted by Crippen LogP contribution is -2.14. The zero-order valence-corrected chi connectivity index (χ0v) is 15.3. The second-order valence-corrected chi connectivity index (χ2v) is 8.35. The fraction of sp³-hybridized carbons (Fsp3) is 0.133. The molecule has 0 unspecified atom stereocenters. The van der Waals surface area contributed by atoms with Crippen LogP contribution in [0.5, 0.6) is 0 Å². The highest BCUT2D eigenvalue weighted by atomic mass is 32.2. The fourth-order valence-electron chi connectivity index (χ4n) is 2.38. The van der Waals surface area contributed by atoms with Crippen molar-refractivity contribution in [3.05, 3.63) is 61.5 Å². The molecule has 4 aromatic rings.